The molecule has 1 saturated carbocycles. The minimum absolute atomic E-state index is 0.0311. The molecule has 134 valence electrons. The fourth-order valence-electron chi connectivity index (χ4n) is 2.93. The van der Waals surface area contributed by atoms with E-state index in [4.69, 9.17) is 4.74 Å². The van der Waals surface area contributed by atoms with E-state index < -0.39 is 28.9 Å². The van der Waals surface area contributed by atoms with E-state index in [2.05, 4.69) is 4.98 Å². The van der Waals surface area contributed by atoms with Gasteiger partial charge in [-0.3, -0.25) is 4.79 Å². The number of carbonyl (C=O) groups excluding carboxylic acids is 1. The average molecular weight is 349 g/mol. The second kappa shape index (κ2) is 7.18. The average Bonchev–Trinajstić information content (AvgIpc) is 2.88. The molecule has 0 aliphatic heterocycles. The van der Waals surface area contributed by atoms with Gasteiger partial charge in [0.05, 0.1) is 11.8 Å². The van der Waals surface area contributed by atoms with Gasteiger partial charge in [-0.15, -0.1) is 0 Å². The van der Waals surface area contributed by atoms with E-state index in [1.165, 1.54) is 4.57 Å². The van der Waals surface area contributed by atoms with E-state index in [1.807, 2.05) is 0 Å². The molecule has 1 aromatic heterocycles. The van der Waals surface area contributed by atoms with Crippen molar-refractivity contribution < 1.29 is 27.6 Å². The lowest BCUT2D eigenvalue weighted by atomic mass is 9.81. The second-order valence-corrected chi connectivity index (χ2v) is 5.84. The predicted molar refractivity (Wildman–Crippen MR) is 76.1 cm³/mol. The molecule has 1 heterocycles. The molecular formula is C14H18F3N3O4. The van der Waals surface area contributed by atoms with E-state index >= 15 is 0 Å². The van der Waals surface area contributed by atoms with Crippen LogP contribution in [0.2, 0.25) is 0 Å². The Morgan fingerprint density at radius 1 is 1.50 bits per heavy atom. The first kappa shape index (κ1) is 18.2. The quantitative estimate of drug-likeness (QED) is 0.463. The van der Waals surface area contributed by atoms with E-state index in [0.29, 0.717) is 18.7 Å². The number of halogens is 3. The Labute approximate surface area is 136 Å². The van der Waals surface area contributed by atoms with Crippen molar-refractivity contribution in [1.29, 1.82) is 0 Å². The molecule has 0 bridgehead atoms. The summed E-state index contributed by atoms with van der Waals surface area (Å²) in [7, 11) is 0. The molecule has 1 aromatic rings. The van der Waals surface area contributed by atoms with E-state index in [1.54, 1.807) is 6.92 Å². The Hall–Kier alpha value is -2.13. The highest BCUT2D eigenvalue weighted by Crippen LogP contribution is 2.40. The largest absolute Gasteiger partial charge is 0.461 e. The lowest BCUT2D eigenvalue weighted by Gasteiger charge is -2.29. The summed E-state index contributed by atoms with van der Waals surface area (Å²) in [6.07, 6.45) is -2.72. The summed E-state index contributed by atoms with van der Waals surface area (Å²) in [5, 5.41) is 10.8. The monoisotopic (exact) mass is 349 g/mol. The first-order valence-electron chi connectivity index (χ1n) is 7.60. The smallest absolute Gasteiger partial charge is 0.391 e. The van der Waals surface area contributed by atoms with Crippen molar-refractivity contribution in [2.45, 2.75) is 45.3 Å². The molecule has 0 saturated heterocycles. The van der Waals surface area contributed by atoms with Gasteiger partial charge in [0, 0.05) is 6.92 Å². The van der Waals surface area contributed by atoms with Crippen LogP contribution in [0.3, 0.4) is 0 Å². The lowest BCUT2D eigenvalue weighted by Crippen LogP contribution is -2.32. The van der Waals surface area contributed by atoms with Gasteiger partial charge in [0.1, 0.15) is 19.3 Å². The second-order valence-electron chi connectivity index (χ2n) is 5.84. The maximum Gasteiger partial charge on any atom is 0.391 e. The predicted octanol–water partition coefficient (Wildman–Crippen LogP) is 3.01. The van der Waals surface area contributed by atoms with Crippen LogP contribution >= 0.6 is 0 Å². The van der Waals surface area contributed by atoms with Gasteiger partial charge < -0.3 is 14.9 Å². The molecule has 1 fully saturated rings. The zero-order chi connectivity index (χ0) is 17.9. The number of hydrogen-bond donors (Lipinski definition) is 0. The van der Waals surface area contributed by atoms with E-state index in [-0.39, 0.29) is 31.8 Å². The molecule has 0 aromatic carbocycles. The summed E-state index contributed by atoms with van der Waals surface area (Å²) in [5.41, 5.74) is 0. The van der Waals surface area contributed by atoms with Crippen molar-refractivity contribution in [3.63, 3.8) is 0 Å². The molecule has 1 aliphatic carbocycles. The molecule has 2 unspecified atom stereocenters. The van der Waals surface area contributed by atoms with Crippen molar-refractivity contribution in [3.05, 3.63) is 22.1 Å². The van der Waals surface area contributed by atoms with Crippen molar-refractivity contribution in [3.8, 4) is 0 Å². The van der Waals surface area contributed by atoms with Crippen LogP contribution in [0.1, 0.15) is 31.5 Å². The third kappa shape index (κ3) is 4.24. The Morgan fingerprint density at radius 3 is 2.83 bits per heavy atom. The first-order chi connectivity index (χ1) is 11.2. The van der Waals surface area contributed by atoms with Crippen LogP contribution in [0.15, 0.2) is 6.20 Å². The van der Waals surface area contributed by atoms with Gasteiger partial charge in [-0.25, -0.2) is 9.55 Å². The summed E-state index contributed by atoms with van der Waals surface area (Å²) in [4.78, 5) is 26.0. The zero-order valence-electron chi connectivity index (χ0n) is 13.1. The molecule has 10 heteroatoms. The van der Waals surface area contributed by atoms with Gasteiger partial charge in [0.2, 0.25) is 0 Å². The van der Waals surface area contributed by atoms with Crippen LogP contribution in [0.25, 0.3) is 0 Å². The number of alkyl halides is 3. The van der Waals surface area contributed by atoms with Crippen molar-refractivity contribution >= 4 is 11.8 Å². The number of imidazole rings is 1. The number of aromatic nitrogens is 2. The minimum atomic E-state index is -4.30. The Balaban J connectivity index is 1.88. The van der Waals surface area contributed by atoms with Crippen molar-refractivity contribution in [2.75, 3.05) is 6.61 Å². The Kier molecular flexibility index (Phi) is 5.45. The summed E-state index contributed by atoms with van der Waals surface area (Å²) in [5.74, 6) is -2.75. The molecule has 0 N–H and O–H groups in total. The first-order valence-corrected chi connectivity index (χ1v) is 7.60. The molecule has 0 spiro atoms. The number of nitrogens with zero attached hydrogens (tertiary/aromatic N) is 3. The highest BCUT2D eigenvalue weighted by atomic mass is 19.4. The van der Waals surface area contributed by atoms with Gasteiger partial charge in [-0.1, -0.05) is 6.42 Å². The number of hydrogen-bond acceptors (Lipinski definition) is 5. The molecule has 0 amide bonds. The van der Waals surface area contributed by atoms with Crippen LogP contribution in [-0.2, 0) is 16.1 Å². The topological polar surface area (TPSA) is 87.3 Å². The van der Waals surface area contributed by atoms with Gasteiger partial charge >= 0.3 is 18.0 Å². The highest BCUT2D eigenvalue weighted by molar-refractivity contribution is 5.72. The summed E-state index contributed by atoms with van der Waals surface area (Å²) in [6, 6.07) is 0. The number of nitro groups is 1. The van der Waals surface area contributed by atoms with E-state index in [0.717, 1.165) is 6.20 Å². The van der Waals surface area contributed by atoms with Gasteiger partial charge in [0.15, 0.2) is 5.82 Å². The Bertz CT molecular complexity index is 615. The van der Waals surface area contributed by atoms with Crippen molar-refractivity contribution in [2.24, 2.45) is 11.8 Å². The third-order valence-electron chi connectivity index (χ3n) is 4.25. The number of carbonyl (C=O) groups is 1. The fraction of sp³-hybridized carbons (Fsp3) is 0.714. The zero-order valence-corrected chi connectivity index (χ0v) is 13.1. The van der Waals surface area contributed by atoms with Gasteiger partial charge in [-0.2, -0.15) is 13.2 Å². The molecule has 24 heavy (non-hydrogen) atoms. The van der Waals surface area contributed by atoms with Crippen molar-refractivity contribution in [1.82, 2.24) is 9.55 Å². The summed E-state index contributed by atoms with van der Waals surface area (Å²) in [6.45, 7) is 1.46. The molecule has 1 aliphatic rings. The number of aryl methyl sites for hydroxylation is 1. The number of rotatable bonds is 5. The van der Waals surface area contributed by atoms with Crippen LogP contribution < -0.4 is 0 Å². The Morgan fingerprint density at radius 2 is 2.21 bits per heavy atom. The van der Waals surface area contributed by atoms with Crippen LogP contribution in [0.5, 0.6) is 0 Å². The maximum absolute atomic E-state index is 12.8. The van der Waals surface area contributed by atoms with Crippen LogP contribution in [0.4, 0.5) is 19.0 Å². The molecule has 7 nitrogen and oxygen atoms in total. The van der Waals surface area contributed by atoms with Gasteiger partial charge in [0.25, 0.3) is 0 Å². The molecular weight excluding hydrogens is 331 g/mol. The SMILES string of the molecule is Cc1ncc([N+](=O)[O-])n1CCOC(=O)C1CCCC(C(F)(F)F)C1. The number of esters is 1. The van der Waals surface area contributed by atoms with Crippen LogP contribution in [0, 0.1) is 28.9 Å². The van der Waals surface area contributed by atoms with Crippen LogP contribution in [-0.4, -0.2) is 33.2 Å². The summed E-state index contributed by atoms with van der Waals surface area (Å²) >= 11 is 0. The maximum atomic E-state index is 12.8. The van der Waals surface area contributed by atoms with Gasteiger partial charge in [-0.05, 0) is 24.2 Å². The summed E-state index contributed by atoms with van der Waals surface area (Å²) < 4.78 is 44.6. The lowest BCUT2D eigenvalue weighted by molar-refractivity contribution is -0.392. The standard InChI is InChI=1S/C14H18F3N3O4/c1-9-18-8-12(20(22)23)19(9)5-6-24-13(21)10-3-2-4-11(7-10)14(15,16)17/h8,10-11H,2-7H2,1H3. The molecule has 2 atom stereocenters. The molecule has 2 rings (SSSR count). The highest BCUT2D eigenvalue weighted by Gasteiger charge is 2.43. The third-order valence-corrected chi connectivity index (χ3v) is 4.25. The normalized spacial score (nSPS) is 21.5. The van der Waals surface area contributed by atoms with E-state index in [9.17, 15) is 28.1 Å². The fourth-order valence-corrected chi connectivity index (χ4v) is 2.93. The number of ether oxygens (including phenoxy) is 1. The molecule has 0 radical (unpaired) electrons. The minimum Gasteiger partial charge on any atom is -0.461 e.